The maximum atomic E-state index is 4.10. The first-order valence-electron chi connectivity index (χ1n) is 36.7. The molecule has 0 N–H and O–H groups in total. The van der Waals surface area contributed by atoms with Gasteiger partial charge in [-0.15, -0.1) is 22.2 Å². The number of benzene rings is 8. The number of aryl methyl sites for hydroxylation is 1. The Kier molecular flexibility index (Phi) is 20.4. The van der Waals surface area contributed by atoms with E-state index in [9.17, 15) is 0 Å². The summed E-state index contributed by atoms with van der Waals surface area (Å²) in [5.41, 5.74) is 39.0. The van der Waals surface area contributed by atoms with Crippen LogP contribution in [0.2, 0.25) is 66.5 Å². The number of fused-ring (bicyclic) bond motifs is 4. The van der Waals surface area contributed by atoms with Crippen LogP contribution in [0.25, 0.3) is 43.1 Å². The second kappa shape index (κ2) is 27.1. The molecule has 0 fully saturated rings. The molecule has 0 heterocycles. The molecule has 0 spiro atoms. The topological polar surface area (TPSA) is 0 Å². The van der Waals surface area contributed by atoms with Crippen LogP contribution in [0, 0.1) is 52.8 Å². The Balaban J connectivity index is 1.30. The molecular weight excluding hydrogens is 1190 g/mol. The number of rotatable bonds is 13. The first-order valence-corrected chi connectivity index (χ1v) is 45.6. The van der Waals surface area contributed by atoms with Crippen molar-refractivity contribution < 1.29 is 0 Å². The summed E-state index contributed by atoms with van der Waals surface area (Å²) in [6, 6.07) is 49.3. The van der Waals surface area contributed by atoms with E-state index in [1.807, 2.05) is 0 Å². The maximum absolute atomic E-state index is 4.10. The lowest BCUT2D eigenvalue weighted by molar-refractivity contribution is 0.551. The van der Waals surface area contributed by atoms with E-state index in [2.05, 4.69) is 347 Å². The minimum atomic E-state index is -1.99. The van der Waals surface area contributed by atoms with E-state index < -0.39 is 32.3 Å². The Hall–Kier alpha value is -6.09. The van der Waals surface area contributed by atoms with Crippen LogP contribution in [0.4, 0.5) is 0 Å². The minimum absolute atomic E-state index is 0.00578. The van der Waals surface area contributed by atoms with Gasteiger partial charge in [-0.3, -0.25) is 0 Å². The summed E-state index contributed by atoms with van der Waals surface area (Å²) in [7, 11) is -7.94. The molecule has 0 aliphatic heterocycles. The average molecular weight is 1310 g/mol. The third kappa shape index (κ3) is 12.1. The molecule has 0 nitrogen and oxygen atoms in total. The standard InChI is InChI=1S/C90H114Si4/c1-55(2)91(56(3)4,57(5)6)39-35-69-27-31-73-43-67(25)81(51-77(73)44-69)89-83-52-78-45-70(36-40-92(58(7)8,59(9)10)60(11)12)28-32-74(78)48-82(83)68(26)88-84-53-79-46-71(37-41-93(61(13)14,62(15)16)63(17)18)29-33-75(79)49-86(84)90(89)87-50-76-34-30-72(47-80(76)54-85(87)88)38-42-94(64(19)20,65(21)22)66(23)24/h27-34,43-66,68,88-90H,1-26H3/t68?,88?,89-,90?/m0/s1. The zero-order valence-electron chi connectivity index (χ0n) is 62.8. The molecule has 94 heavy (non-hydrogen) atoms. The second-order valence-corrected chi connectivity index (χ2v) is 55.5. The highest BCUT2D eigenvalue weighted by atomic mass is 28.3. The Morgan fingerprint density at radius 3 is 0.702 bits per heavy atom. The third-order valence-corrected chi connectivity index (χ3v) is 50.0. The lowest BCUT2D eigenvalue weighted by Crippen LogP contribution is -2.43. The van der Waals surface area contributed by atoms with Crippen molar-refractivity contribution in [1.29, 1.82) is 0 Å². The lowest BCUT2D eigenvalue weighted by Gasteiger charge is -2.45. The molecule has 0 amide bonds. The highest BCUT2D eigenvalue weighted by Gasteiger charge is 2.48. The van der Waals surface area contributed by atoms with Gasteiger partial charge in [-0.2, -0.15) is 0 Å². The zero-order chi connectivity index (χ0) is 68.6. The Bertz CT molecular complexity index is 4240. The monoisotopic (exact) mass is 1310 g/mol. The molecule has 2 bridgehead atoms. The summed E-state index contributed by atoms with van der Waals surface area (Å²) in [5.74, 6) is 15.7. The summed E-state index contributed by atoms with van der Waals surface area (Å²) in [6.07, 6.45) is 0. The van der Waals surface area contributed by atoms with Crippen LogP contribution in [-0.4, -0.2) is 32.3 Å². The first-order chi connectivity index (χ1) is 44.3. The average Bonchev–Trinajstić information content (AvgIpc) is 0.697. The fraction of sp³-hybridized carbons (Fsp3) is 0.467. The Labute approximate surface area is 575 Å². The van der Waals surface area contributed by atoms with Gasteiger partial charge in [0.1, 0.15) is 32.3 Å². The fourth-order valence-corrected chi connectivity index (χ4v) is 41.1. The van der Waals surface area contributed by atoms with Crippen molar-refractivity contribution in [3.05, 3.63) is 188 Å². The van der Waals surface area contributed by atoms with Gasteiger partial charge in [0.2, 0.25) is 0 Å². The molecule has 11 rings (SSSR count). The van der Waals surface area contributed by atoms with Crippen molar-refractivity contribution in [2.45, 2.75) is 270 Å². The van der Waals surface area contributed by atoms with Crippen molar-refractivity contribution in [2.24, 2.45) is 0 Å². The molecule has 3 aliphatic rings. The molecule has 8 aromatic rings. The van der Waals surface area contributed by atoms with E-state index in [1.54, 1.807) is 0 Å². The van der Waals surface area contributed by atoms with Crippen molar-refractivity contribution in [1.82, 2.24) is 0 Å². The molecule has 0 saturated carbocycles. The SMILES string of the molecule is Cc1cc2ccc(C#C[Si](C(C)C)(C(C)C)C(C)C)cc2cc1[C@H]1c2cc3cc(C#C[Si](C(C)C)(C(C)C)C(C)C)ccc3cc2C(C)C2c3cc4cc(C#C[Si](C(C)C)(C(C)C)C(C)C)ccc4cc3C1c1cc3ccc(C#C[Si](C(C)C)(C(C)C)C(C)C)cc3cc12. The van der Waals surface area contributed by atoms with E-state index in [4.69, 9.17) is 0 Å². The lowest BCUT2D eigenvalue weighted by atomic mass is 9.57. The fourth-order valence-electron chi connectivity index (χ4n) is 20.2. The van der Waals surface area contributed by atoms with Gasteiger partial charge in [0.05, 0.1) is 0 Å². The van der Waals surface area contributed by atoms with E-state index >= 15 is 0 Å². The van der Waals surface area contributed by atoms with Gasteiger partial charge in [0, 0.05) is 40.0 Å². The van der Waals surface area contributed by atoms with Gasteiger partial charge in [0.15, 0.2) is 0 Å². The molecule has 490 valence electrons. The Morgan fingerprint density at radius 1 is 0.234 bits per heavy atom. The van der Waals surface area contributed by atoms with Gasteiger partial charge in [-0.25, -0.2) is 0 Å². The van der Waals surface area contributed by atoms with Crippen LogP contribution in [0.5, 0.6) is 0 Å². The van der Waals surface area contributed by atoms with Crippen LogP contribution >= 0.6 is 0 Å². The van der Waals surface area contributed by atoms with Crippen LogP contribution < -0.4 is 0 Å². The summed E-state index contributed by atoms with van der Waals surface area (Å²) >= 11 is 0. The first kappa shape index (κ1) is 70.7. The summed E-state index contributed by atoms with van der Waals surface area (Å²) < 4.78 is 0. The number of hydrogen-bond donors (Lipinski definition) is 0. The highest BCUT2D eigenvalue weighted by molar-refractivity contribution is 6.92. The van der Waals surface area contributed by atoms with Crippen LogP contribution in [-0.2, 0) is 0 Å². The quantitative estimate of drug-likeness (QED) is 0.0797. The molecular formula is C90H114Si4. The largest absolute Gasteiger partial charge is 0.146 e. The van der Waals surface area contributed by atoms with Crippen LogP contribution in [0.3, 0.4) is 0 Å². The van der Waals surface area contributed by atoms with E-state index in [0.29, 0.717) is 66.5 Å². The van der Waals surface area contributed by atoms with E-state index in [0.717, 1.165) is 22.3 Å². The predicted molar refractivity (Wildman–Crippen MR) is 426 cm³/mol. The van der Waals surface area contributed by atoms with Crippen molar-refractivity contribution >= 4 is 75.4 Å². The van der Waals surface area contributed by atoms with Gasteiger partial charge >= 0.3 is 0 Å². The van der Waals surface area contributed by atoms with Crippen molar-refractivity contribution in [3.63, 3.8) is 0 Å². The molecule has 4 heteroatoms. The van der Waals surface area contributed by atoms with Gasteiger partial charge in [-0.1, -0.05) is 270 Å². The highest BCUT2D eigenvalue weighted by Crippen LogP contribution is 2.61. The van der Waals surface area contributed by atoms with E-state index in [1.165, 1.54) is 87.6 Å². The van der Waals surface area contributed by atoms with E-state index in [-0.39, 0.29) is 23.7 Å². The molecule has 1 unspecified atom stereocenters. The summed E-state index contributed by atoms with van der Waals surface area (Å²) in [5, 5.41) is 10.2. The van der Waals surface area contributed by atoms with Crippen LogP contribution in [0.15, 0.2) is 121 Å². The third-order valence-electron chi connectivity index (χ3n) is 24.8. The summed E-state index contributed by atoms with van der Waals surface area (Å²) in [6.45, 7) is 63.1. The maximum Gasteiger partial charge on any atom is 0.146 e. The normalized spacial score (nSPS) is 16.8. The van der Waals surface area contributed by atoms with Crippen molar-refractivity contribution in [2.75, 3.05) is 0 Å². The molecule has 0 aromatic heterocycles. The predicted octanol–water partition coefficient (Wildman–Crippen LogP) is 26.4. The summed E-state index contributed by atoms with van der Waals surface area (Å²) in [4.78, 5) is 0. The zero-order valence-corrected chi connectivity index (χ0v) is 66.8. The second-order valence-electron chi connectivity index (χ2n) is 33.2. The molecule has 2 atom stereocenters. The van der Waals surface area contributed by atoms with Gasteiger partial charge < -0.3 is 0 Å². The molecule has 0 saturated heterocycles. The Morgan fingerprint density at radius 2 is 0.436 bits per heavy atom. The molecule has 8 aromatic carbocycles. The van der Waals surface area contributed by atoms with Gasteiger partial charge in [-0.05, 0) is 215 Å². The minimum Gasteiger partial charge on any atom is -0.125 e. The molecule has 3 aliphatic carbocycles. The molecule has 0 radical (unpaired) electrons. The van der Waals surface area contributed by atoms with Crippen LogP contribution in [0.1, 0.15) is 264 Å². The smallest absolute Gasteiger partial charge is 0.125 e. The van der Waals surface area contributed by atoms with Crippen molar-refractivity contribution in [3.8, 4) is 45.9 Å². The number of hydrogen-bond acceptors (Lipinski definition) is 0. The van der Waals surface area contributed by atoms with Gasteiger partial charge in [0.25, 0.3) is 0 Å².